The van der Waals surface area contributed by atoms with Crippen LogP contribution in [0.2, 0.25) is 0 Å². The molecular weight excluding hydrogens is 216 g/mol. The Hall–Kier alpha value is -0.140. The summed E-state index contributed by atoms with van der Waals surface area (Å²) in [6.45, 7) is 0. The van der Waals surface area contributed by atoms with Gasteiger partial charge in [0.1, 0.15) is 0 Å². The predicted molar refractivity (Wildman–Crippen MR) is 47.8 cm³/mol. The summed E-state index contributed by atoms with van der Waals surface area (Å²) < 4.78 is 51.6. The van der Waals surface area contributed by atoms with Gasteiger partial charge in [-0.3, -0.25) is 4.55 Å². The standard InChI is InChI=1S/C6H12O5S2/c7-12(8)3-1-2-6(4-12)5-13(9,10)11/h6H,1-5H2,(H,9,10,11). The molecule has 0 bridgehead atoms. The van der Waals surface area contributed by atoms with Crippen molar-refractivity contribution in [1.82, 2.24) is 0 Å². The van der Waals surface area contributed by atoms with Crippen molar-refractivity contribution in [2.75, 3.05) is 17.3 Å². The van der Waals surface area contributed by atoms with Gasteiger partial charge in [-0.05, 0) is 18.8 Å². The molecule has 1 unspecified atom stereocenters. The van der Waals surface area contributed by atoms with E-state index < -0.39 is 31.6 Å². The predicted octanol–water partition coefficient (Wildman–Crippen LogP) is -0.301. The van der Waals surface area contributed by atoms with Gasteiger partial charge < -0.3 is 0 Å². The molecule has 1 heterocycles. The van der Waals surface area contributed by atoms with E-state index in [0.717, 1.165) is 0 Å². The summed E-state index contributed by atoms with van der Waals surface area (Å²) in [5.41, 5.74) is 0. The molecule has 1 atom stereocenters. The van der Waals surface area contributed by atoms with Crippen molar-refractivity contribution in [1.29, 1.82) is 0 Å². The largest absolute Gasteiger partial charge is 0.286 e. The van der Waals surface area contributed by atoms with Gasteiger partial charge in [0, 0.05) is 0 Å². The third-order valence-electron chi connectivity index (χ3n) is 2.00. The summed E-state index contributed by atoms with van der Waals surface area (Å²) in [6.07, 6.45) is 1.04. The third-order valence-corrected chi connectivity index (χ3v) is 4.79. The van der Waals surface area contributed by atoms with E-state index in [1.165, 1.54) is 0 Å². The maximum absolute atomic E-state index is 11.1. The quantitative estimate of drug-likeness (QED) is 0.655. The van der Waals surface area contributed by atoms with E-state index in [4.69, 9.17) is 4.55 Å². The number of rotatable bonds is 2. The molecule has 0 aliphatic carbocycles. The highest BCUT2D eigenvalue weighted by molar-refractivity contribution is 7.91. The zero-order valence-electron chi connectivity index (χ0n) is 7.01. The van der Waals surface area contributed by atoms with E-state index in [9.17, 15) is 16.8 Å². The van der Waals surface area contributed by atoms with Crippen LogP contribution >= 0.6 is 0 Å². The first-order valence-corrected chi connectivity index (χ1v) is 7.37. The molecule has 0 radical (unpaired) electrons. The summed E-state index contributed by atoms with van der Waals surface area (Å²) in [5, 5.41) is 0. The minimum absolute atomic E-state index is 0.118. The summed E-state index contributed by atoms with van der Waals surface area (Å²) >= 11 is 0. The van der Waals surface area contributed by atoms with Crippen LogP contribution in [0.3, 0.4) is 0 Å². The third kappa shape index (κ3) is 4.06. The van der Waals surface area contributed by atoms with Gasteiger partial charge >= 0.3 is 0 Å². The van der Waals surface area contributed by atoms with Crippen molar-refractivity contribution in [3.63, 3.8) is 0 Å². The maximum Gasteiger partial charge on any atom is 0.265 e. The first-order valence-electron chi connectivity index (χ1n) is 3.94. The molecule has 1 saturated heterocycles. The van der Waals surface area contributed by atoms with Crippen LogP contribution in [0.4, 0.5) is 0 Å². The first kappa shape index (κ1) is 10.9. The second-order valence-electron chi connectivity index (χ2n) is 3.37. The van der Waals surface area contributed by atoms with Crippen molar-refractivity contribution >= 4 is 20.0 Å². The molecule has 1 aliphatic rings. The Balaban J connectivity index is 2.64. The van der Waals surface area contributed by atoms with Gasteiger partial charge in [-0.25, -0.2) is 8.42 Å². The lowest BCUT2D eigenvalue weighted by Gasteiger charge is -2.20. The highest BCUT2D eigenvalue weighted by Crippen LogP contribution is 2.19. The Morgan fingerprint density at radius 1 is 1.38 bits per heavy atom. The zero-order chi connectivity index (χ0) is 10.1. The zero-order valence-corrected chi connectivity index (χ0v) is 8.64. The molecule has 0 aromatic heterocycles. The molecule has 0 amide bonds. The van der Waals surface area contributed by atoms with Gasteiger partial charge in [-0.15, -0.1) is 0 Å². The Morgan fingerprint density at radius 2 is 2.00 bits per heavy atom. The first-order chi connectivity index (χ1) is 5.79. The van der Waals surface area contributed by atoms with Crippen LogP contribution in [-0.4, -0.2) is 38.6 Å². The molecule has 1 fully saturated rings. The van der Waals surface area contributed by atoms with Gasteiger partial charge in [0.25, 0.3) is 10.1 Å². The normalized spacial score (nSPS) is 28.5. The molecule has 0 saturated carbocycles. The summed E-state index contributed by atoms with van der Waals surface area (Å²) in [7, 11) is -7.12. The van der Waals surface area contributed by atoms with Gasteiger partial charge in [0.2, 0.25) is 0 Å². The molecule has 1 aliphatic heterocycles. The highest BCUT2D eigenvalue weighted by Gasteiger charge is 2.27. The van der Waals surface area contributed by atoms with Crippen molar-refractivity contribution in [3.05, 3.63) is 0 Å². The van der Waals surface area contributed by atoms with Crippen LogP contribution in [0.5, 0.6) is 0 Å². The van der Waals surface area contributed by atoms with Gasteiger partial charge in [-0.2, -0.15) is 8.42 Å². The second-order valence-corrected chi connectivity index (χ2v) is 7.10. The van der Waals surface area contributed by atoms with E-state index >= 15 is 0 Å². The van der Waals surface area contributed by atoms with Crippen LogP contribution in [-0.2, 0) is 20.0 Å². The molecular formula is C6H12O5S2. The molecule has 0 aromatic carbocycles. The molecule has 0 aromatic rings. The van der Waals surface area contributed by atoms with E-state index in [-0.39, 0.29) is 11.5 Å². The van der Waals surface area contributed by atoms with Crippen LogP contribution < -0.4 is 0 Å². The van der Waals surface area contributed by atoms with Crippen LogP contribution in [0.15, 0.2) is 0 Å². The lowest BCUT2D eigenvalue weighted by molar-refractivity contribution is 0.456. The summed E-state index contributed by atoms with van der Waals surface area (Å²) in [4.78, 5) is 0. The number of hydrogen-bond donors (Lipinski definition) is 1. The Labute approximate surface area is 77.8 Å². The molecule has 1 rings (SSSR count). The second kappa shape index (κ2) is 3.55. The molecule has 1 N–H and O–H groups in total. The topological polar surface area (TPSA) is 88.5 Å². The van der Waals surface area contributed by atoms with E-state index in [2.05, 4.69) is 0 Å². The van der Waals surface area contributed by atoms with Gasteiger partial charge in [0.05, 0.1) is 17.3 Å². The lowest BCUT2D eigenvalue weighted by atomic mass is 10.1. The SMILES string of the molecule is O=S(=O)(O)CC1CCCS(=O)(=O)C1. The minimum Gasteiger partial charge on any atom is -0.286 e. The average molecular weight is 228 g/mol. The van der Waals surface area contributed by atoms with E-state index in [1.807, 2.05) is 0 Å². The molecule has 13 heavy (non-hydrogen) atoms. The summed E-state index contributed by atoms with van der Waals surface area (Å²) in [6, 6.07) is 0. The van der Waals surface area contributed by atoms with Gasteiger partial charge in [0.15, 0.2) is 9.84 Å². The summed E-state index contributed by atoms with van der Waals surface area (Å²) in [5.74, 6) is -0.859. The Morgan fingerprint density at radius 3 is 2.46 bits per heavy atom. The van der Waals surface area contributed by atoms with Crippen molar-refractivity contribution in [3.8, 4) is 0 Å². The fraction of sp³-hybridized carbons (Fsp3) is 1.00. The lowest BCUT2D eigenvalue weighted by Crippen LogP contribution is -2.29. The highest BCUT2D eigenvalue weighted by atomic mass is 32.2. The van der Waals surface area contributed by atoms with Crippen molar-refractivity contribution in [2.45, 2.75) is 12.8 Å². The number of hydrogen-bond acceptors (Lipinski definition) is 4. The van der Waals surface area contributed by atoms with E-state index in [0.29, 0.717) is 12.8 Å². The monoisotopic (exact) mass is 228 g/mol. The molecule has 7 heteroatoms. The minimum atomic E-state index is -4.04. The molecule has 0 spiro atoms. The molecule has 5 nitrogen and oxygen atoms in total. The average Bonchev–Trinajstić information content (AvgIpc) is 1.79. The molecule has 78 valence electrons. The Bertz CT molecular complexity index is 364. The Kier molecular flexibility index (Phi) is 2.98. The van der Waals surface area contributed by atoms with Crippen molar-refractivity contribution in [2.24, 2.45) is 5.92 Å². The van der Waals surface area contributed by atoms with Crippen LogP contribution in [0.1, 0.15) is 12.8 Å². The maximum atomic E-state index is 11.1. The number of sulfone groups is 1. The van der Waals surface area contributed by atoms with Crippen LogP contribution in [0, 0.1) is 5.92 Å². The van der Waals surface area contributed by atoms with Crippen LogP contribution in [0.25, 0.3) is 0 Å². The smallest absolute Gasteiger partial charge is 0.265 e. The van der Waals surface area contributed by atoms with E-state index in [1.54, 1.807) is 0 Å². The fourth-order valence-corrected chi connectivity index (χ4v) is 4.35. The van der Waals surface area contributed by atoms with Crippen molar-refractivity contribution < 1.29 is 21.4 Å². The van der Waals surface area contributed by atoms with Gasteiger partial charge in [-0.1, -0.05) is 0 Å². The fourth-order valence-electron chi connectivity index (χ4n) is 1.55.